The zero-order valence-electron chi connectivity index (χ0n) is 40.2. The first-order valence-electron chi connectivity index (χ1n) is 26.4. The Kier molecular flexibility index (Phi) is 46.2. The predicted molar refractivity (Wildman–Crippen MR) is 252 cm³/mol. The standard InChI is InChI=1S/C53H102O6/c1-5-7-9-11-13-15-16-17-18-19-20-21-25-29-33-37-41-45-52(55)58-48-50(47-57-51(54)44-40-36-32-27-14-12-10-8-6-2)59-53(56)46-42-38-34-30-26-23-22-24-28-31-35-39-43-49(3)4/h49-50H,5-48H2,1-4H3/t50-/m1/s1. The lowest BCUT2D eigenvalue weighted by molar-refractivity contribution is -0.167. The van der Waals surface area contributed by atoms with Gasteiger partial charge in [-0.3, -0.25) is 14.4 Å². The largest absolute Gasteiger partial charge is 0.462 e. The van der Waals surface area contributed by atoms with E-state index in [2.05, 4.69) is 27.7 Å². The second-order valence-electron chi connectivity index (χ2n) is 18.6. The lowest BCUT2D eigenvalue weighted by Crippen LogP contribution is -2.30. The van der Waals surface area contributed by atoms with E-state index in [0.717, 1.165) is 63.7 Å². The van der Waals surface area contributed by atoms with Gasteiger partial charge in [0.05, 0.1) is 0 Å². The Morgan fingerprint density at radius 1 is 0.322 bits per heavy atom. The molecule has 0 aliphatic heterocycles. The number of hydrogen-bond acceptors (Lipinski definition) is 6. The molecule has 0 bridgehead atoms. The topological polar surface area (TPSA) is 78.9 Å². The third-order valence-electron chi connectivity index (χ3n) is 12.0. The van der Waals surface area contributed by atoms with Gasteiger partial charge in [0.15, 0.2) is 6.10 Å². The van der Waals surface area contributed by atoms with Crippen LogP contribution in [0.5, 0.6) is 0 Å². The fourth-order valence-corrected chi connectivity index (χ4v) is 8.04. The van der Waals surface area contributed by atoms with Gasteiger partial charge in [-0.15, -0.1) is 0 Å². The van der Waals surface area contributed by atoms with Crippen molar-refractivity contribution in [2.24, 2.45) is 5.92 Å². The average molecular weight is 835 g/mol. The summed E-state index contributed by atoms with van der Waals surface area (Å²) in [5.74, 6) is -0.0136. The Morgan fingerprint density at radius 3 is 0.831 bits per heavy atom. The molecule has 0 aromatic carbocycles. The first-order chi connectivity index (χ1) is 28.9. The van der Waals surface area contributed by atoms with Gasteiger partial charge in [-0.05, 0) is 25.2 Å². The van der Waals surface area contributed by atoms with Crippen molar-refractivity contribution in [2.75, 3.05) is 13.2 Å². The van der Waals surface area contributed by atoms with E-state index in [0.29, 0.717) is 19.3 Å². The van der Waals surface area contributed by atoms with Crippen LogP contribution in [-0.2, 0) is 28.6 Å². The summed E-state index contributed by atoms with van der Waals surface area (Å²) in [5.41, 5.74) is 0. The van der Waals surface area contributed by atoms with Gasteiger partial charge in [-0.2, -0.15) is 0 Å². The van der Waals surface area contributed by atoms with Gasteiger partial charge in [-0.25, -0.2) is 0 Å². The van der Waals surface area contributed by atoms with Gasteiger partial charge in [-0.1, -0.05) is 259 Å². The Bertz CT molecular complexity index is 887. The number of hydrogen-bond donors (Lipinski definition) is 0. The molecule has 0 aliphatic carbocycles. The Hall–Kier alpha value is -1.59. The van der Waals surface area contributed by atoms with Crippen molar-refractivity contribution < 1.29 is 28.6 Å². The van der Waals surface area contributed by atoms with Crippen molar-refractivity contribution in [1.82, 2.24) is 0 Å². The molecule has 0 saturated carbocycles. The van der Waals surface area contributed by atoms with Crippen LogP contribution in [0, 0.1) is 5.92 Å². The molecule has 350 valence electrons. The van der Waals surface area contributed by atoms with Gasteiger partial charge < -0.3 is 14.2 Å². The smallest absolute Gasteiger partial charge is 0.306 e. The minimum atomic E-state index is -0.760. The van der Waals surface area contributed by atoms with Crippen LogP contribution in [0.15, 0.2) is 0 Å². The second-order valence-corrected chi connectivity index (χ2v) is 18.6. The molecule has 0 rings (SSSR count). The molecule has 0 N–H and O–H groups in total. The summed E-state index contributed by atoms with van der Waals surface area (Å²) in [7, 11) is 0. The quantitative estimate of drug-likeness (QED) is 0.0345. The summed E-state index contributed by atoms with van der Waals surface area (Å²) < 4.78 is 16.8. The zero-order valence-corrected chi connectivity index (χ0v) is 40.2. The Balaban J connectivity index is 4.24. The molecular formula is C53H102O6. The van der Waals surface area contributed by atoms with Crippen molar-refractivity contribution in [2.45, 2.75) is 303 Å². The van der Waals surface area contributed by atoms with E-state index < -0.39 is 6.10 Å². The minimum Gasteiger partial charge on any atom is -0.462 e. The van der Waals surface area contributed by atoms with Crippen LogP contribution < -0.4 is 0 Å². The normalized spacial score (nSPS) is 11.9. The Morgan fingerprint density at radius 2 is 0.559 bits per heavy atom. The molecule has 59 heavy (non-hydrogen) atoms. The zero-order chi connectivity index (χ0) is 43.1. The number of esters is 3. The van der Waals surface area contributed by atoms with Crippen LogP contribution in [0.3, 0.4) is 0 Å². The molecule has 0 fully saturated rings. The molecule has 1 atom stereocenters. The predicted octanol–water partition coefficient (Wildman–Crippen LogP) is 17.1. The molecule has 0 unspecified atom stereocenters. The fourth-order valence-electron chi connectivity index (χ4n) is 8.04. The van der Waals surface area contributed by atoms with E-state index in [9.17, 15) is 14.4 Å². The molecule has 0 aliphatic rings. The van der Waals surface area contributed by atoms with Crippen molar-refractivity contribution in [3.05, 3.63) is 0 Å². The highest BCUT2D eigenvalue weighted by atomic mass is 16.6. The first-order valence-corrected chi connectivity index (χ1v) is 26.4. The van der Waals surface area contributed by atoms with Crippen LogP contribution >= 0.6 is 0 Å². The van der Waals surface area contributed by atoms with E-state index in [1.54, 1.807) is 0 Å². The highest BCUT2D eigenvalue weighted by molar-refractivity contribution is 5.71. The maximum atomic E-state index is 12.8. The minimum absolute atomic E-state index is 0.0627. The maximum absolute atomic E-state index is 12.8. The third kappa shape index (κ3) is 47.3. The van der Waals surface area contributed by atoms with Crippen LogP contribution in [0.4, 0.5) is 0 Å². The van der Waals surface area contributed by atoms with Gasteiger partial charge in [0.25, 0.3) is 0 Å². The lowest BCUT2D eigenvalue weighted by Gasteiger charge is -2.18. The summed E-state index contributed by atoms with van der Waals surface area (Å²) >= 11 is 0. The molecule has 0 heterocycles. The third-order valence-corrected chi connectivity index (χ3v) is 12.0. The summed E-state index contributed by atoms with van der Waals surface area (Å²) in [6.45, 7) is 9.02. The molecule has 0 aromatic heterocycles. The van der Waals surface area contributed by atoms with E-state index in [1.165, 1.54) is 193 Å². The molecule has 0 amide bonds. The number of ether oxygens (including phenoxy) is 3. The highest BCUT2D eigenvalue weighted by Gasteiger charge is 2.19. The van der Waals surface area contributed by atoms with Crippen LogP contribution in [-0.4, -0.2) is 37.2 Å². The monoisotopic (exact) mass is 835 g/mol. The van der Waals surface area contributed by atoms with Gasteiger partial charge in [0.1, 0.15) is 13.2 Å². The van der Waals surface area contributed by atoms with E-state index in [-0.39, 0.29) is 31.1 Å². The van der Waals surface area contributed by atoms with Gasteiger partial charge >= 0.3 is 17.9 Å². The number of rotatable bonds is 48. The number of unbranched alkanes of at least 4 members (excludes halogenated alkanes) is 35. The summed E-state index contributed by atoms with van der Waals surface area (Å²) in [5, 5.41) is 0. The lowest BCUT2D eigenvalue weighted by atomic mass is 10.0. The molecule has 0 spiro atoms. The van der Waals surface area contributed by atoms with Crippen molar-refractivity contribution >= 4 is 17.9 Å². The SMILES string of the molecule is CCCCCCCCCCCCCCCCCCCC(=O)OC[C@@H](COC(=O)CCCCCCCCCCC)OC(=O)CCCCCCCCCCCCCCC(C)C. The van der Waals surface area contributed by atoms with Crippen molar-refractivity contribution in [3.63, 3.8) is 0 Å². The summed E-state index contributed by atoms with van der Waals surface area (Å²) in [6.07, 6.45) is 49.5. The Labute approximate surface area is 368 Å². The molecule has 0 aromatic rings. The average Bonchev–Trinajstić information content (AvgIpc) is 3.22. The molecule has 6 heteroatoms. The van der Waals surface area contributed by atoms with Crippen molar-refractivity contribution in [1.29, 1.82) is 0 Å². The van der Waals surface area contributed by atoms with Gasteiger partial charge in [0, 0.05) is 19.3 Å². The van der Waals surface area contributed by atoms with E-state index in [1.807, 2.05) is 0 Å². The molecule has 6 nitrogen and oxygen atoms in total. The number of carbonyl (C=O) groups excluding carboxylic acids is 3. The van der Waals surface area contributed by atoms with Gasteiger partial charge in [0.2, 0.25) is 0 Å². The number of carbonyl (C=O) groups is 3. The van der Waals surface area contributed by atoms with E-state index >= 15 is 0 Å². The summed E-state index contributed by atoms with van der Waals surface area (Å²) in [4.78, 5) is 37.9. The molecule has 0 saturated heterocycles. The first kappa shape index (κ1) is 57.4. The van der Waals surface area contributed by atoms with Crippen LogP contribution in [0.2, 0.25) is 0 Å². The maximum Gasteiger partial charge on any atom is 0.306 e. The van der Waals surface area contributed by atoms with Crippen LogP contribution in [0.1, 0.15) is 297 Å². The highest BCUT2D eigenvalue weighted by Crippen LogP contribution is 2.17. The van der Waals surface area contributed by atoms with Crippen LogP contribution in [0.25, 0.3) is 0 Å². The second kappa shape index (κ2) is 47.5. The van der Waals surface area contributed by atoms with Crippen molar-refractivity contribution in [3.8, 4) is 0 Å². The molecular weight excluding hydrogens is 733 g/mol. The summed E-state index contributed by atoms with van der Waals surface area (Å²) in [6, 6.07) is 0. The van der Waals surface area contributed by atoms with E-state index in [4.69, 9.17) is 14.2 Å². The molecule has 0 radical (unpaired) electrons. The fraction of sp³-hybridized carbons (Fsp3) is 0.943.